The van der Waals surface area contributed by atoms with Crippen molar-refractivity contribution in [1.29, 1.82) is 0 Å². The number of nitrogens with one attached hydrogen (secondary N) is 1. The summed E-state index contributed by atoms with van der Waals surface area (Å²) >= 11 is 5.43. The van der Waals surface area contributed by atoms with Gasteiger partial charge in [0.15, 0.2) is 22.4 Å². The van der Waals surface area contributed by atoms with E-state index in [-0.39, 0.29) is 11.8 Å². The van der Waals surface area contributed by atoms with Gasteiger partial charge in [-0.25, -0.2) is 0 Å². The standard InChI is InChI=1S/C23H26N2O3S/c1-14-6-8-17(9-7-14)13-28-19-11-10-18(12-20(19)27-5)22-21(16(3)26)15(2)25(4)23(29)24-22/h6-12,22H,13H2,1-5H3,(H,24,29). The number of aryl methyl sites for hydroxylation is 1. The predicted octanol–water partition coefficient (Wildman–Crippen LogP) is 4.31. The molecular formula is C23H26N2O3S. The number of methoxy groups -OCH3 is 1. The number of rotatable bonds is 6. The van der Waals surface area contributed by atoms with Crippen LogP contribution in [0.2, 0.25) is 0 Å². The Labute approximate surface area is 177 Å². The summed E-state index contributed by atoms with van der Waals surface area (Å²) in [6, 6.07) is 13.6. The first-order chi connectivity index (χ1) is 13.8. The van der Waals surface area contributed by atoms with Crippen molar-refractivity contribution >= 4 is 23.1 Å². The fraction of sp³-hybridized carbons (Fsp3) is 0.304. The lowest BCUT2D eigenvalue weighted by Crippen LogP contribution is -2.45. The van der Waals surface area contributed by atoms with Gasteiger partial charge in [-0.2, -0.15) is 0 Å². The molecule has 1 unspecified atom stereocenters. The molecule has 6 heteroatoms. The molecule has 3 rings (SSSR count). The van der Waals surface area contributed by atoms with E-state index in [1.54, 1.807) is 14.0 Å². The maximum absolute atomic E-state index is 12.3. The van der Waals surface area contributed by atoms with Crippen LogP contribution in [-0.2, 0) is 11.4 Å². The minimum absolute atomic E-state index is 0.00742. The van der Waals surface area contributed by atoms with E-state index in [9.17, 15) is 4.79 Å². The molecule has 152 valence electrons. The zero-order chi connectivity index (χ0) is 21.1. The van der Waals surface area contributed by atoms with Crippen LogP contribution < -0.4 is 14.8 Å². The molecule has 1 aliphatic rings. The molecule has 0 amide bonds. The van der Waals surface area contributed by atoms with Gasteiger partial charge >= 0.3 is 0 Å². The van der Waals surface area contributed by atoms with E-state index in [2.05, 4.69) is 24.4 Å². The van der Waals surface area contributed by atoms with Crippen molar-refractivity contribution < 1.29 is 14.3 Å². The van der Waals surface area contributed by atoms with Crippen molar-refractivity contribution in [2.24, 2.45) is 0 Å². The van der Waals surface area contributed by atoms with E-state index in [1.165, 1.54) is 5.56 Å². The number of hydrogen-bond donors (Lipinski definition) is 1. The Morgan fingerprint density at radius 3 is 2.45 bits per heavy atom. The number of ether oxygens (including phenoxy) is 2. The molecule has 1 heterocycles. The second-order valence-electron chi connectivity index (χ2n) is 7.18. The number of carbonyl (C=O) groups excluding carboxylic acids is 1. The molecule has 1 atom stereocenters. The molecule has 2 aromatic carbocycles. The zero-order valence-corrected chi connectivity index (χ0v) is 18.2. The van der Waals surface area contributed by atoms with Crippen LogP contribution >= 0.6 is 12.2 Å². The van der Waals surface area contributed by atoms with Crippen LogP contribution in [0.4, 0.5) is 0 Å². The van der Waals surface area contributed by atoms with E-state index >= 15 is 0 Å². The highest BCUT2D eigenvalue weighted by atomic mass is 32.1. The van der Waals surface area contributed by atoms with Gasteiger partial charge in [-0.05, 0) is 56.2 Å². The van der Waals surface area contributed by atoms with Crippen LogP contribution in [-0.4, -0.2) is 30.0 Å². The van der Waals surface area contributed by atoms with Gasteiger partial charge < -0.3 is 19.7 Å². The summed E-state index contributed by atoms with van der Waals surface area (Å²) in [5, 5.41) is 3.84. The van der Waals surface area contributed by atoms with Crippen molar-refractivity contribution in [1.82, 2.24) is 10.2 Å². The van der Waals surface area contributed by atoms with Crippen molar-refractivity contribution in [3.05, 3.63) is 70.4 Å². The Balaban J connectivity index is 1.88. The third kappa shape index (κ3) is 4.43. The third-order valence-electron chi connectivity index (χ3n) is 5.17. The summed E-state index contributed by atoms with van der Waals surface area (Å²) in [7, 11) is 3.46. The molecule has 5 nitrogen and oxygen atoms in total. The molecule has 0 radical (unpaired) electrons. The fourth-order valence-corrected chi connectivity index (χ4v) is 3.63. The quantitative estimate of drug-likeness (QED) is 0.717. The first kappa shape index (κ1) is 20.9. The second-order valence-corrected chi connectivity index (χ2v) is 7.57. The Morgan fingerprint density at radius 1 is 1.14 bits per heavy atom. The molecule has 0 aliphatic carbocycles. The summed E-state index contributed by atoms with van der Waals surface area (Å²) in [5.41, 5.74) is 4.73. The molecular weight excluding hydrogens is 384 g/mol. The van der Waals surface area contributed by atoms with Gasteiger partial charge in [-0.15, -0.1) is 0 Å². The molecule has 0 spiro atoms. The minimum Gasteiger partial charge on any atom is -0.493 e. The van der Waals surface area contributed by atoms with Gasteiger partial charge in [0.25, 0.3) is 0 Å². The molecule has 0 aromatic heterocycles. The Hall–Kier alpha value is -2.86. The number of benzene rings is 2. The maximum atomic E-state index is 12.3. The van der Waals surface area contributed by atoms with E-state index in [0.717, 1.165) is 16.8 Å². The normalized spacial score (nSPS) is 16.5. The Morgan fingerprint density at radius 2 is 1.83 bits per heavy atom. The zero-order valence-electron chi connectivity index (χ0n) is 17.4. The van der Waals surface area contributed by atoms with Gasteiger partial charge in [0.1, 0.15) is 6.61 Å². The van der Waals surface area contributed by atoms with E-state index in [1.807, 2.05) is 49.2 Å². The van der Waals surface area contributed by atoms with Crippen LogP contribution in [0.3, 0.4) is 0 Å². The largest absolute Gasteiger partial charge is 0.493 e. The molecule has 0 fully saturated rings. The van der Waals surface area contributed by atoms with Crippen molar-refractivity contribution in [3.8, 4) is 11.5 Å². The second kappa shape index (κ2) is 8.66. The number of hydrogen-bond acceptors (Lipinski definition) is 4. The van der Waals surface area contributed by atoms with Crippen LogP contribution in [0.15, 0.2) is 53.7 Å². The Kier molecular flexibility index (Phi) is 6.23. The van der Waals surface area contributed by atoms with Crippen LogP contribution in [0, 0.1) is 6.92 Å². The summed E-state index contributed by atoms with van der Waals surface area (Å²) in [4.78, 5) is 14.1. The molecule has 2 aromatic rings. The fourth-order valence-electron chi connectivity index (χ4n) is 3.37. The molecule has 1 N–H and O–H groups in total. The number of Topliss-reactive ketones (excluding diaryl/α,β-unsaturated/α-hetero) is 1. The van der Waals surface area contributed by atoms with Gasteiger partial charge in [0, 0.05) is 18.3 Å². The first-order valence-corrected chi connectivity index (χ1v) is 9.85. The summed E-state index contributed by atoms with van der Waals surface area (Å²) in [5.74, 6) is 1.27. The minimum atomic E-state index is -0.323. The van der Waals surface area contributed by atoms with Gasteiger partial charge in [0.2, 0.25) is 0 Å². The first-order valence-electron chi connectivity index (χ1n) is 9.44. The highest BCUT2D eigenvalue weighted by molar-refractivity contribution is 7.80. The van der Waals surface area contributed by atoms with Crippen LogP contribution in [0.25, 0.3) is 0 Å². The molecule has 0 saturated carbocycles. The van der Waals surface area contributed by atoms with Crippen molar-refractivity contribution in [2.45, 2.75) is 33.4 Å². The number of ketones is 1. The average Bonchev–Trinajstić information content (AvgIpc) is 2.70. The van der Waals surface area contributed by atoms with E-state index in [0.29, 0.717) is 28.8 Å². The molecule has 0 saturated heterocycles. The lowest BCUT2D eigenvalue weighted by atomic mass is 9.92. The van der Waals surface area contributed by atoms with E-state index < -0.39 is 0 Å². The maximum Gasteiger partial charge on any atom is 0.173 e. The SMILES string of the molecule is COc1cc(C2NC(=S)N(C)C(C)=C2C(C)=O)ccc1OCc1ccc(C)cc1. The van der Waals surface area contributed by atoms with Gasteiger partial charge in [-0.1, -0.05) is 35.9 Å². The summed E-state index contributed by atoms with van der Waals surface area (Å²) in [6.07, 6.45) is 0. The predicted molar refractivity (Wildman–Crippen MR) is 118 cm³/mol. The molecule has 0 bridgehead atoms. The Bertz CT molecular complexity index is 967. The van der Waals surface area contributed by atoms with Gasteiger partial charge in [0.05, 0.1) is 13.2 Å². The summed E-state index contributed by atoms with van der Waals surface area (Å²) in [6.45, 7) is 5.99. The lowest BCUT2D eigenvalue weighted by molar-refractivity contribution is -0.114. The summed E-state index contributed by atoms with van der Waals surface area (Å²) < 4.78 is 11.5. The van der Waals surface area contributed by atoms with E-state index in [4.69, 9.17) is 21.7 Å². The van der Waals surface area contributed by atoms with Crippen molar-refractivity contribution in [3.63, 3.8) is 0 Å². The smallest absolute Gasteiger partial charge is 0.173 e. The van der Waals surface area contributed by atoms with Gasteiger partial charge in [-0.3, -0.25) is 4.79 Å². The number of nitrogens with zero attached hydrogens (tertiary/aromatic N) is 1. The lowest BCUT2D eigenvalue weighted by Gasteiger charge is -2.35. The highest BCUT2D eigenvalue weighted by Gasteiger charge is 2.31. The molecule has 29 heavy (non-hydrogen) atoms. The average molecular weight is 411 g/mol. The van der Waals surface area contributed by atoms with Crippen molar-refractivity contribution in [2.75, 3.05) is 14.2 Å². The number of allylic oxidation sites excluding steroid dienone is 1. The third-order valence-corrected chi connectivity index (χ3v) is 5.56. The topological polar surface area (TPSA) is 50.8 Å². The van der Waals surface area contributed by atoms with Crippen LogP contribution in [0.1, 0.15) is 36.6 Å². The highest BCUT2D eigenvalue weighted by Crippen LogP contribution is 2.36. The van der Waals surface area contributed by atoms with Crippen LogP contribution in [0.5, 0.6) is 11.5 Å². The number of thiocarbonyl (C=S) groups is 1. The number of carbonyl (C=O) groups is 1. The molecule has 1 aliphatic heterocycles. The monoisotopic (exact) mass is 410 g/mol.